The summed E-state index contributed by atoms with van der Waals surface area (Å²) in [4.78, 5) is 16.9. The number of rotatable bonds is 6. The van der Waals surface area contributed by atoms with Crippen LogP contribution in [0.2, 0.25) is 0 Å². The molecular weight excluding hydrogens is 352 g/mol. The molecule has 150 valence electrons. The lowest BCUT2D eigenvalue weighted by molar-refractivity contribution is 0.144. The lowest BCUT2D eigenvalue weighted by Gasteiger charge is -2.34. The summed E-state index contributed by atoms with van der Waals surface area (Å²) >= 11 is 0. The molecule has 0 bridgehead atoms. The highest BCUT2D eigenvalue weighted by Gasteiger charge is 2.23. The van der Waals surface area contributed by atoms with Crippen LogP contribution in [-0.2, 0) is 0 Å². The van der Waals surface area contributed by atoms with E-state index in [1.807, 2.05) is 34.6 Å². The van der Waals surface area contributed by atoms with Crippen molar-refractivity contribution in [2.75, 3.05) is 32.7 Å². The molecule has 2 amide bonds. The van der Waals surface area contributed by atoms with E-state index in [-0.39, 0.29) is 18.1 Å². The molecule has 1 atom stereocenters. The van der Waals surface area contributed by atoms with Crippen LogP contribution in [0, 0.1) is 0 Å². The second-order valence-electron chi connectivity index (χ2n) is 7.46. The monoisotopic (exact) mass is 382 g/mol. The zero-order valence-corrected chi connectivity index (χ0v) is 17.0. The molecule has 0 radical (unpaired) electrons. The molecule has 2 heterocycles. The quantitative estimate of drug-likeness (QED) is 0.834. The van der Waals surface area contributed by atoms with Gasteiger partial charge in [0.1, 0.15) is 6.33 Å². The van der Waals surface area contributed by atoms with E-state index in [0.29, 0.717) is 0 Å². The van der Waals surface area contributed by atoms with Crippen LogP contribution in [0.25, 0.3) is 6.08 Å². The van der Waals surface area contributed by atoms with Crippen molar-refractivity contribution in [1.82, 2.24) is 29.9 Å². The van der Waals surface area contributed by atoms with E-state index in [9.17, 15) is 4.79 Å². The Morgan fingerprint density at radius 2 is 1.86 bits per heavy atom. The van der Waals surface area contributed by atoms with Gasteiger partial charge in [-0.2, -0.15) is 0 Å². The zero-order chi connectivity index (χ0) is 19.9. The number of hydrogen-bond donors (Lipinski definition) is 1. The molecule has 2 aromatic rings. The fourth-order valence-corrected chi connectivity index (χ4v) is 3.34. The Bertz CT molecular complexity index is 777. The first-order chi connectivity index (χ1) is 13.5. The molecule has 28 heavy (non-hydrogen) atoms. The maximum atomic E-state index is 12.6. The molecule has 1 aromatic carbocycles. The maximum Gasteiger partial charge on any atom is 0.318 e. The van der Waals surface area contributed by atoms with Gasteiger partial charge in [-0.1, -0.05) is 42.5 Å². The molecule has 0 saturated carbocycles. The average molecular weight is 383 g/mol. The van der Waals surface area contributed by atoms with Gasteiger partial charge in [0.2, 0.25) is 0 Å². The summed E-state index contributed by atoms with van der Waals surface area (Å²) < 4.78 is 1.99. The number of carbonyl (C=O) groups excluding carboxylic acids is 1. The number of hydrogen-bond acceptors (Lipinski definition) is 4. The van der Waals surface area contributed by atoms with E-state index < -0.39 is 0 Å². The highest BCUT2D eigenvalue weighted by Crippen LogP contribution is 2.15. The lowest BCUT2D eigenvalue weighted by Crippen LogP contribution is -2.52. The van der Waals surface area contributed by atoms with Gasteiger partial charge in [0, 0.05) is 38.8 Å². The highest BCUT2D eigenvalue weighted by atomic mass is 16.2. The zero-order valence-electron chi connectivity index (χ0n) is 17.0. The summed E-state index contributed by atoms with van der Waals surface area (Å²) in [7, 11) is 0. The van der Waals surface area contributed by atoms with Crippen molar-refractivity contribution >= 4 is 12.1 Å². The Morgan fingerprint density at radius 3 is 2.54 bits per heavy atom. The van der Waals surface area contributed by atoms with Crippen LogP contribution in [0.3, 0.4) is 0 Å². The number of benzene rings is 1. The minimum atomic E-state index is -0.177. The van der Waals surface area contributed by atoms with E-state index in [1.165, 1.54) is 5.56 Å². The maximum absolute atomic E-state index is 12.6. The van der Waals surface area contributed by atoms with E-state index in [2.05, 4.69) is 58.5 Å². The standard InChI is InChI=1S/C21H30N6O/c1-17(2)27-16-22-24-20(27)18(3)23-21(28)26-14-12-25(13-15-26)11-7-10-19-8-5-4-6-9-19/h4-10,16-18H,11-15H2,1-3H3,(H,23,28). The SMILES string of the molecule is CC(NC(=O)N1CCN(CC=Cc2ccccc2)CC1)c1nncn1C(C)C. The van der Waals surface area contributed by atoms with Crippen LogP contribution in [0.1, 0.15) is 44.2 Å². The number of aromatic nitrogens is 3. The molecular formula is C21H30N6O. The van der Waals surface area contributed by atoms with Crippen LogP contribution < -0.4 is 5.32 Å². The smallest absolute Gasteiger partial charge is 0.318 e. The van der Waals surface area contributed by atoms with E-state index in [0.717, 1.165) is 38.5 Å². The molecule has 1 aliphatic rings. The van der Waals surface area contributed by atoms with Crippen molar-refractivity contribution in [2.45, 2.75) is 32.9 Å². The average Bonchev–Trinajstić information content (AvgIpc) is 3.20. The summed E-state index contributed by atoms with van der Waals surface area (Å²) in [5.74, 6) is 0.785. The predicted octanol–water partition coefficient (Wildman–Crippen LogP) is 2.96. The minimum absolute atomic E-state index is 0.0368. The number of urea groups is 1. The Balaban J connectivity index is 1.44. The summed E-state index contributed by atoms with van der Waals surface area (Å²) in [5, 5.41) is 11.2. The third-order valence-electron chi connectivity index (χ3n) is 5.02. The van der Waals surface area contributed by atoms with E-state index in [1.54, 1.807) is 6.33 Å². The Hall–Kier alpha value is -2.67. The fraction of sp³-hybridized carbons (Fsp3) is 0.476. The van der Waals surface area contributed by atoms with Crippen molar-refractivity contribution in [2.24, 2.45) is 0 Å². The second kappa shape index (κ2) is 9.50. The summed E-state index contributed by atoms with van der Waals surface area (Å²) in [6, 6.07) is 10.4. The van der Waals surface area contributed by atoms with Gasteiger partial charge in [-0.15, -0.1) is 10.2 Å². The van der Waals surface area contributed by atoms with Crippen LogP contribution >= 0.6 is 0 Å². The Labute approximate surface area is 167 Å². The van der Waals surface area contributed by atoms with Crippen molar-refractivity contribution < 1.29 is 4.79 Å². The third-order valence-corrected chi connectivity index (χ3v) is 5.02. The van der Waals surface area contributed by atoms with Gasteiger partial charge in [0.05, 0.1) is 6.04 Å². The molecule has 0 spiro atoms. The van der Waals surface area contributed by atoms with Gasteiger partial charge in [-0.25, -0.2) is 4.79 Å². The molecule has 1 aromatic heterocycles. The summed E-state index contributed by atoms with van der Waals surface area (Å²) in [5.41, 5.74) is 1.21. The van der Waals surface area contributed by atoms with Crippen LogP contribution in [0.5, 0.6) is 0 Å². The number of nitrogens with zero attached hydrogens (tertiary/aromatic N) is 5. The van der Waals surface area contributed by atoms with E-state index >= 15 is 0 Å². The van der Waals surface area contributed by atoms with Gasteiger partial charge in [-0.3, -0.25) is 4.90 Å². The molecule has 1 saturated heterocycles. The number of amides is 2. The molecule has 1 aliphatic heterocycles. The number of piperazine rings is 1. The van der Waals surface area contributed by atoms with E-state index in [4.69, 9.17) is 0 Å². The molecule has 7 nitrogen and oxygen atoms in total. The van der Waals surface area contributed by atoms with Crippen LogP contribution in [-0.4, -0.2) is 63.3 Å². The molecule has 1 unspecified atom stereocenters. The first-order valence-electron chi connectivity index (χ1n) is 9.93. The predicted molar refractivity (Wildman–Crippen MR) is 111 cm³/mol. The van der Waals surface area contributed by atoms with Gasteiger partial charge in [-0.05, 0) is 26.3 Å². The largest absolute Gasteiger partial charge is 0.328 e. The molecule has 1 N–H and O–H groups in total. The van der Waals surface area contributed by atoms with Gasteiger partial charge in [0.15, 0.2) is 5.82 Å². The van der Waals surface area contributed by atoms with Gasteiger partial charge in [0.25, 0.3) is 0 Å². The first-order valence-corrected chi connectivity index (χ1v) is 9.93. The lowest BCUT2D eigenvalue weighted by atomic mass is 10.2. The van der Waals surface area contributed by atoms with Crippen molar-refractivity contribution in [3.8, 4) is 0 Å². The molecule has 3 rings (SSSR count). The topological polar surface area (TPSA) is 66.3 Å². The first kappa shape index (κ1) is 20.1. The number of carbonyl (C=O) groups is 1. The van der Waals surface area contributed by atoms with Gasteiger partial charge < -0.3 is 14.8 Å². The van der Waals surface area contributed by atoms with Crippen LogP contribution in [0.15, 0.2) is 42.7 Å². The normalized spacial score (nSPS) is 16.6. The molecule has 7 heteroatoms. The van der Waals surface area contributed by atoms with Crippen molar-refractivity contribution in [3.63, 3.8) is 0 Å². The summed E-state index contributed by atoms with van der Waals surface area (Å²) in [6.07, 6.45) is 6.04. The van der Waals surface area contributed by atoms with Crippen molar-refractivity contribution in [3.05, 3.63) is 54.1 Å². The Kier molecular flexibility index (Phi) is 6.81. The third kappa shape index (κ3) is 5.19. The van der Waals surface area contributed by atoms with Gasteiger partial charge >= 0.3 is 6.03 Å². The second-order valence-corrected chi connectivity index (χ2v) is 7.46. The fourth-order valence-electron chi connectivity index (χ4n) is 3.34. The number of nitrogens with one attached hydrogen (secondary N) is 1. The van der Waals surface area contributed by atoms with Crippen molar-refractivity contribution in [1.29, 1.82) is 0 Å². The molecule has 0 aliphatic carbocycles. The highest BCUT2D eigenvalue weighted by molar-refractivity contribution is 5.74. The molecule has 1 fully saturated rings. The van der Waals surface area contributed by atoms with Crippen LogP contribution in [0.4, 0.5) is 4.79 Å². The summed E-state index contributed by atoms with van der Waals surface area (Å²) in [6.45, 7) is 10.2. The Morgan fingerprint density at radius 1 is 1.14 bits per heavy atom. The minimum Gasteiger partial charge on any atom is -0.328 e.